The fourth-order valence-electron chi connectivity index (χ4n) is 2.41. The first-order chi connectivity index (χ1) is 12.4. The fraction of sp³-hybridized carbons (Fsp3) is 0.263. The zero-order chi connectivity index (χ0) is 19.2. The van der Waals surface area contributed by atoms with Crippen molar-refractivity contribution >= 4 is 16.1 Å². The van der Waals surface area contributed by atoms with Gasteiger partial charge in [-0.3, -0.25) is 0 Å². The Morgan fingerprint density at radius 3 is 2.04 bits per heavy atom. The molecule has 2 aromatic carbocycles. The summed E-state index contributed by atoms with van der Waals surface area (Å²) in [5.41, 5.74) is 1.54. The summed E-state index contributed by atoms with van der Waals surface area (Å²) in [6.07, 6.45) is 1.57. The van der Waals surface area contributed by atoms with Crippen LogP contribution >= 0.6 is 0 Å². The molecule has 6 nitrogen and oxygen atoms in total. The van der Waals surface area contributed by atoms with Gasteiger partial charge in [-0.25, -0.2) is 8.42 Å². The lowest BCUT2D eigenvalue weighted by molar-refractivity contribution is 0.323. The van der Waals surface area contributed by atoms with Crippen LogP contribution in [0.15, 0.2) is 47.9 Å². The Morgan fingerprint density at radius 2 is 1.54 bits per heavy atom. The molecule has 2 rings (SSSR count). The summed E-state index contributed by atoms with van der Waals surface area (Å²) in [5, 5.41) is 1.19. The Kier molecular flexibility index (Phi) is 6.65. The van der Waals surface area contributed by atoms with Crippen LogP contribution in [0.2, 0.25) is 0 Å². The first-order valence-corrected chi connectivity index (χ1v) is 9.40. The standard InChI is InChI=1S/C19H23NO5S/c1-20(26(21,22)11-10-15-8-6-5-7-9-15)14-16-12-17(23-2)19(25-4)18(13-16)24-3/h5-13H,14H2,1-4H3/b11-10+. The summed E-state index contributed by atoms with van der Waals surface area (Å²) in [6.45, 7) is 0.165. The molecule has 0 aliphatic heterocycles. The maximum absolute atomic E-state index is 12.5. The Morgan fingerprint density at radius 1 is 0.962 bits per heavy atom. The van der Waals surface area contributed by atoms with E-state index in [1.165, 1.54) is 38.1 Å². The number of hydrogen-bond donors (Lipinski definition) is 0. The summed E-state index contributed by atoms with van der Waals surface area (Å²) >= 11 is 0. The van der Waals surface area contributed by atoms with Crippen LogP contribution in [0.25, 0.3) is 6.08 Å². The quantitative estimate of drug-likeness (QED) is 0.707. The Hall–Kier alpha value is -2.51. The minimum Gasteiger partial charge on any atom is -0.493 e. The van der Waals surface area contributed by atoms with Crippen molar-refractivity contribution in [1.82, 2.24) is 4.31 Å². The average Bonchev–Trinajstić information content (AvgIpc) is 2.66. The molecule has 0 heterocycles. The fourth-order valence-corrected chi connectivity index (χ4v) is 3.27. The monoisotopic (exact) mass is 377 g/mol. The van der Waals surface area contributed by atoms with Gasteiger partial charge in [-0.05, 0) is 29.3 Å². The third kappa shape index (κ3) is 4.77. The number of sulfonamides is 1. The molecular weight excluding hydrogens is 354 g/mol. The molecule has 0 aromatic heterocycles. The van der Waals surface area contributed by atoms with Crippen LogP contribution in [0.4, 0.5) is 0 Å². The molecule has 7 heteroatoms. The molecular formula is C19H23NO5S. The highest BCUT2D eigenvalue weighted by atomic mass is 32.2. The SMILES string of the molecule is COc1cc(CN(C)S(=O)(=O)/C=C/c2ccccc2)cc(OC)c1OC. The molecule has 0 spiro atoms. The van der Waals surface area contributed by atoms with Crippen LogP contribution in [0, 0.1) is 0 Å². The summed E-state index contributed by atoms with van der Waals surface area (Å²) in [7, 11) is 2.50. The number of hydrogen-bond acceptors (Lipinski definition) is 5. The molecule has 0 radical (unpaired) electrons. The van der Waals surface area contributed by atoms with E-state index in [1.807, 2.05) is 30.3 Å². The Bertz CT molecular complexity index is 838. The number of nitrogens with zero attached hydrogens (tertiary/aromatic N) is 1. The number of benzene rings is 2. The van der Waals surface area contributed by atoms with Crippen molar-refractivity contribution in [2.75, 3.05) is 28.4 Å². The van der Waals surface area contributed by atoms with E-state index in [4.69, 9.17) is 14.2 Å². The van der Waals surface area contributed by atoms with Gasteiger partial charge in [-0.1, -0.05) is 30.3 Å². The van der Waals surface area contributed by atoms with E-state index < -0.39 is 10.0 Å². The lowest BCUT2D eigenvalue weighted by atomic mass is 10.2. The van der Waals surface area contributed by atoms with Crippen molar-refractivity contribution in [3.05, 3.63) is 59.0 Å². The van der Waals surface area contributed by atoms with Crippen LogP contribution < -0.4 is 14.2 Å². The molecule has 0 unspecified atom stereocenters. The topological polar surface area (TPSA) is 65.1 Å². The van der Waals surface area contributed by atoms with Crippen LogP contribution in [-0.4, -0.2) is 41.1 Å². The van der Waals surface area contributed by atoms with Crippen LogP contribution in [0.5, 0.6) is 17.2 Å². The van der Waals surface area contributed by atoms with Gasteiger partial charge in [0, 0.05) is 19.0 Å². The summed E-state index contributed by atoms with van der Waals surface area (Å²) < 4.78 is 42.1. The Balaban J connectivity index is 2.23. The molecule has 0 saturated carbocycles. The van der Waals surface area contributed by atoms with Crippen molar-refractivity contribution in [3.63, 3.8) is 0 Å². The zero-order valence-electron chi connectivity index (χ0n) is 15.3. The van der Waals surface area contributed by atoms with E-state index in [2.05, 4.69) is 0 Å². The van der Waals surface area contributed by atoms with Crippen LogP contribution in [0.3, 0.4) is 0 Å². The predicted octanol–water partition coefficient (Wildman–Crippen LogP) is 3.14. The lowest BCUT2D eigenvalue weighted by Gasteiger charge is -2.18. The second-order valence-corrected chi connectivity index (χ2v) is 7.47. The molecule has 0 fully saturated rings. The minimum atomic E-state index is -3.57. The third-order valence-electron chi connectivity index (χ3n) is 3.80. The van der Waals surface area contributed by atoms with Crippen molar-refractivity contribution in [2.45, 2.75) is 6.54 Å². The van der Waals surface area contributed by atoms with Gasteiger partial charge in [0.15, 0.2) is 11.5 Å². The second kappa shape index (κ2) is 8.73. The lowest BCUT2D eigenvalue weighted by Crippen LogP contribution is -2.24. The van der Waals surface area contributed by atoms with Gasteiger partial charge in [0.2, 0.25) is 15.8 Å². The second-order valence-electron chi connectivity index (χ2n) is 5.55. The summed E-state index contributed by atoms with van der Waals surface area (Å²) in [4.78, 5) is 0. The number of methoxy groups -OCH3 is 3. The third-order valence-corrected chi connectivity index (χ3v) is 5.27. The van der Waals surface area contributed by atoms with Gasteiger partial charge in [-0.2, -0.15) is 4.31 Å². The highest BCUT2D eigenvalue weighted by molar-refractivity contribution is 7.92. The molecule has 0 saturated heterocycles. The molecule has 0 atom stereocenters. The molecule has 140 valence electrons. The van der Waals surface area contributed by atoms with Crippen molar-refractivity contribution in [2.24, 2.45) is 0 Å². The van der Waals surface area contributed by atoms with Gasteiger partial charge in [-0.15, -0.1) is 0 Å². The maximum atomic E-state index is 12.5. The van der Waals surface area contributed by atoms with Gasteiger partial charge in [0.05, 0.1) is 21.3 Å². The maximum Gasteiger partial charge on any atom is 0.236 e. The van der Waals surface area contributed by atoms with Crippen LogP contribution in [-0.2, 0) is 16.6 Å². The molecule has 2 aromatic rings. The van der Waals surface area contributed by atoms with Crippen molar-refractivity contribution < 1.29 is 22.6 Å². The van der Waals surface area contributed by atoms with Gasteiger partial charge < -0.3 is 14.2 Å². The summed E-state index contributed by atoms with van der Waals surface area (Å²) in [6, 6.07) is 12.7. The molecule has 0 N–H and O–H groups in total. The zero-order valence-corrected chi connectivity index (χ0v) is 16.1. The van der Waals surface area contributed by atoms with Gasteiger partial charge in [0.25, 0.3) is 0 Å². The molecule has 26 heavy (non-hydrogen) atoms. The largest absolute Gasteiger partial charge is 0.493 e. The number of ether oxygens (including phenoxy) is 3. The van der Waals surface area contributed by atoms with E-state index in [-0.39, 0.29) is 6.54 Å². The molecule has 0 bridgehead atoms. The van der Waals surface area contributed by atoms with Gasteiger partial charge >= 0.3 is 0 Å². The van der Waals surface area contributed by atoms with E-state index in [0.29, 0.717) is 17.2 Å². The van der Waals surface area contributed by atoms with E-state index in [0.717, 1.165) is 11.1 Å². The Labute approximate surface area is 154 Å². The van der Waals surface area contributed by atoms with E-state index in [9.17, 15) is 8.42 Å². The highest BCUT2D eigenvalue weighted by Gasteiger charge is 2.18. The van der Waals surface area contributed by atoms with Crippen molar-refractivity contribution in [3.8, 4) is 17.2 Å². The average molecular weight is 377 g/mol. The smallest absolute Gasteiger partial charge is 0.236 e. The predicted molar refractivity (Wildman–Crippen MR) is 102 cm³/mol. The van der Waals surface area contributed by atoms with Crippen molar-refractivity contribution in [1.29, 1.82) is 0 Å². The molecule has 0 amide bonds. The molecule has 0 aliphatic carbocycles. The number of rotatable bonds is 8. The minimum absolute atomic E-state index is 0.165. The van der Waals surface area contributed by atoms with Gasteiger partial charge in [0.1, 0.15) is 0 Å². The normalized spacial score (nSPS) is 11.7. The first-order valence-electron chi connectivity index (χ1n) is 7.89. The first kappa shape index (κ1) is 19.8. The highest BCUT2D eigenvalue weighted by Crippen LogP contribution is 2.38. The van der Waals surface area contributed by atoms with Crippen LogP contribution in [0.1, 0.15) is 11.1 Å². The molecule has 0 aliphatic rings. The summed E-state index contributed by atoms with van der Waals surface area (Å²) in [5.74, 6) is 1.42. The van der Waals surface area contributed by atoms with E-state index >= 15 is 0 Å². The van der Waals surface area contributed by atoms with E-state index in [1.54, 1.807) is 18.2 Å².